The Bertz CT molecular complexity index is 1000. The van der Waals surface area contributed by atoms with Gasteiger partial charge < -0.3 is 9.47 Å². The first-order chi connectivity index (χ1) is 12.2. The second-order valence-electron chi connectivity index (χ2n) is 5.48. The highest BCUT2D eigenvalue weighted by Gasteiger charge is 2.13. The zero-order valence-corrected chi connectivity index (χ0v) is 13.4. The number of benzene rings is 1. The summed E-state index contributed by atoms with van der Waals surface area (Å²) in [7, 11) is 0. The topological polar surface area (TPSA) is 85.7 Å². The molecule has 0 saturated carbocycles. The van der Waals surface area contributed by atoms with Gasteiger partial charge in [-0.1, -0.05) is 0 Å². The smallest absolute Gasteiger partial charge is 0.273 e. The van der Waals surface area contributed by atoms with Gasteiger partial charge >= 0.3 is 0 Å². The predicted octanol–water partition coefficient (Wildman–Crippen LogP) is 2.43. The molecule has 124 valence electrons. The Kier molecular flexibility index (Phi) is 3.74. The molecule has 7 nitrogen and oxygen atoms in total. The van der Waals surface area contributed by atoms with Crippen molar-refractivity contribution in [3.05, 3.63) is 59.4 Å². The summed E-state index contributed by atoms with van der Waals surface area (Å²) in [6.45, 7) is 1.99. The summed E-state index contributed by atoms with van der Waals surface area (Å²) >= 11 is 0. The minimum atomic E-state index is -0.326. The van der Waals surface area contributed by atoms with Crippen LogP contribution in [0, 0.1) is 6.92 Å². The Balaban J connectivity index is 1.51. The van der Waals surface area contributed by atoms with E-state index in [0.29, 0.717) is 28.4 Å². The van der Waals surface area contributed by atoms with Crippen LogP contribution < -0.4 is 14.9 Å². The van der Waals surface area contributed by atoms with Gasteiger partial charge in [0.05, 0.1) is 17.5 Å². The molecular formula is C18H14N4O3. The molecule has 1 aliphatic heterocycles. The van der Waals surface area contributed by atoms with Crippen LogP contribution in [0.3, 0.4) is 0 Å². The van der Waals surface area contributed by atoms with Gasteiger partial charge in [0.2, 0.25) is 6.79 Å². The van der Waals surface area contributed by atoms with E-state index in [1.54, 1.807) is 43.6 Å². The van der Waals surface area contributed by atoms with Crippen LogP contribution in [-0.2, 0) is 0 Å². The normalized spacial score (nSPS) is 12.7. The second-order valence-corrected chi connectivity index (χ2v) is 5.48. The van der Waals surface area contributed by atoms with Gasteiger partial charge in [0.15, 0.2) is 17.1 Å². The van der Waals surface area contributed by atoms with Gasteiger partial charge in [0.25, 0.3) is 5.91 Å². The third-order valence-corrected chi connectivity index (χ3v) is 3.80. The molecule has 1 amide bonds. The number of hydrogen-bond donors (Lipinski definition) is 1. The van der Waals surface area contributed by atoms with Crippen molar-refractivity contribution in [2.75, 3.05) is 6.79 Å². The predicted molar refractivity (Wildman–Crippen MR) is 91.9 cm³/mol. The van der Waals surface area contributed by atoms with Crippen molar-refractivity contribution in [3.63, 3.8) is 0 Å². The molecule has 0 radical (unpaired) electrons. The number of carbonyl (C=O) groups excluding carboxylic acids is 1. The number of amides is 1. The van der Waals surface area contributed by atoms with Gasteiger partial charge in [-0.05, 0) is 48.9 Å². The Morgan fingerprint density at radius 1 is 1.24 bits per heavy atom. The zero-order chi connectivity index (χ0) is 17.2. The van der Waals surface area contributed by atoms with E-state index in [0.717, 1.165) is 10.9 Å². The average molecular weight is 334 g/mol. The highest BCUT2D eigenvalue weighted by Crippen LogP contribution is 2.31. The molecule has 0 saturated heterocycles. The first-order valence-corrected chi connectivity index (χ1v) is 7.66. The van der Waals surface area contributed by atoms with Gasteiger partial charge in [0, 0.05) is 11.6 Å². The number of pyridine rings is 2. The van der Waals surface area contributed by atoms with Crippen molar-refractivity contribution < 1.29 is 14.3 Å². The molecule has 1 N–H and O–H groups in total. The number of hydrazone groups is 1. The summed E-state index contributed by atoms with van der Waals surface area (Å²) in [5.41, 5.74) is 4.98. The summed E-state index contributed by atoms with van der Waals surface area (Å²) in [4.78, 5) is 20.9. The maximum Gasteiger partial charge on any atom is 0.273 e. The van der Waals surface area contributed by atoms with Gasteiger partial charge in [-0.15, -0.1) is 0 Å². The summed E-state index contributed by atoms with van der Waals surface area (Å²) in [5, 5.41) is 4.80. The molecular weight excluding hydrogens is 320 g/mol. The van der Waals surface area contributed by atoms with Crippen LogP contribution in [0.25, 0.3) is 11.0 Å². The molecule has 4 rings (SSSR count). The fourth-order valence-corrected chi connectivity index (χ4v) is 2.54. The van der Waals surface area contributed by atoms with Crippen LogP contribution >= 0.6 is 0 Å². The number of aryl methyl sites for hydroxylation is 1. The molecule has 1 aromatic carbocycles. The number of carbonyl (C=O) groups is 1. The second kappa shape index (κ2) is 6.20. The minimum Gasteiger partial charge on any atom is -0.454 e. The highest BCUT2D eigenvalue weighted by atomic mass is 16.7. The van der Waals surface area contributed by atoms with E-state index >= 15 is 0 Å². The lowest BCUT2D eigenvalue weighted by molar-refractivity contribution is 0.0954. The monoisotopic (exact) mass is 334 g/mol. The molecule has 0 atom stereocenters. The van der Waals surface area contributed by atoms with Crippen LogP contribution in [0.1, 0.15) is 21.6 Å². The number of ether oxygens (including phenoxy) is 2. The Morgan fingerprint density at radius 3 is 3.04 bits per heavy atom. The maximum absolute atomic E-state index is 12.4. The van der Waals surface area contributed by atoms with Crippen molar-refractivity contribution in [3.8, 4) is 11.5 Å². The molecule has 0 spiro atoms. The lowest BCUT2D eigenvalue weighted by atomic mass is 10.1. The third-order valence-electron chi connectivity index (χ3n) is 3.80. The van der Waals surface area contributed by atoms with Crippen molar-refractivity contribution in [2.24, 2.45) is 5.10 Å². The van der Waals surface area contributed by atoms with Crippen molar-refractivity contribution in [1.29, 1.82) is 0 Å². The van der Waals surface area contributed by atoms with Crippen LogP contribution in [-0.4, -0.2) is 28.9 Å². The quantitative estimate of drug-likeness (QED) is 0.587. The van der Waals surface area contributed by atoms with E-state index in [1.165, 1.54) is 0 Å². The average Bonchev–Trinajstić information content (AvgIpc) is 3.09. The first kappa shape index (κ1) is 15.1. The van der Waals surface area contributed by atoms with Gasteiger partial charge in [-0.3, -0.25) is 4.79 Å². The third kappa shape index (κ3) is 2.99. The van der Waals surface area contributed by atoms with E-state index < -0.39 is 0 Å². The lowest BCUT2D eigenvalue weighted by Gasteiger charge is -2.05. The van der Waals surface area contributed by atoms with E-state index in [2.05, 4.69) is 20.5 Å². The van der Waals surface area contributed by atoms with E-state index in [-0.39, 0.29) is 12.7 Å². The van der Waals surface area contributed by atoms with Crippen LogP contribution in [0.2, 0.25) is 0 Å². The fourth-order valence-electron chi connectivity index (χ4n) is 2.54. The van der Waals surface area contributed by atoms with Crippen LogP contribution in [0.5, 0.6) is 11.5 Å². The molecule has 0 fully saturated rings. The molecule has 0 aliphatic carbocycles. The standard InChI is InChI=1S/C18H14N4O3/c1-11-14(8-13-3-2-6-19-17(13)21-11)18(23)22-20-9-12-4-5-15-16(7-12)25-10-24-15/h2-9H,10H2,1H3,(H,22,23)/b20-9+. The summed E-state index contributed by atoms with van der Waals surface area (Å²) in [6.07, 6.45) is 3.22. The Morgan fingerprint density at radius 2 is 2.12 bits per heavy atom. The molecule has 1 aliphatic rings. The fraction of sp³-hybridized carbons (Fsp3) is 0.111. The summed E-state index contributed by atoms with van der Waals surface area (Å²) < 4.78 is 10.6. The highest BCUT2D eigenvalue weighted by molar-refractivity contribution is 5.98. The largest absolute Gasteiger partial charge is 0.454 e. The molecule has 3 heterocycles. The van der Waals surface area contributed by atoms with Gasteiger partial charge in [-0.25, -0.2) is 15.4 Å². The number of aromatic nitrogens is 2. The molecule has 25 heavy (non-hydrogen) atoms. The van der Waals surface area contributed by atoms with E-state index in [9.17, 15) is 4.79 Å². The minimum absolute atomic E-state index is 0.218. The molecule has 7 heteroatoms. The maximum atomic E-state index is 12.4. The first-order valence-electron chi connectivity index (χ1n) is 7.66. The number of fused-ring (bicyclic) bond motifs is 2. The number of nitrogens with zero attached hydrogens (tertiary/aromatic N) is 3. The van der Waals surface area contributed by atoms with Crippen molar-refractivity contribution in [2.45, 2.75) is 6.92 Å². The lowest BCUT2D eigenvalue weighted by Crippen LogP contribution is -2.19. The number of hydrogen-bond acceptors (Lipinski definition) is 6. The van der Waals surface area contributed by atoms with E-state index in [1.807, 2.05) is 12.1 Å². The molecule has 0 unspecified atom stereocenters. The van der Waals surface area contributed by atoms with E-state index in [4.69, 9.17) is 9.47 Å². The molecule has 2 aromatic heterocycles. The van der Waals surface area contributed by atoms with Crippen molar-refractivity contribution in [1.82, 2.24) is 15.4 Å². The summed E-state index contributed by atoms with van der Waals surface area (Å²) in [5.74, 6) is 1.04. The Hall–Kier alpha value is -3.48. The number of rotatable bonds is 3. The number of nitrogens with one attached hydrogen (secondary N) is 1. The summed E-state index contributed by atoms with van der Waals surface area (Å²) in [6, 6.07) is 10.9. The Labute approximate surface area is 143 Å². The van der Waals surface area contributed by atoms with Crippen molar-refractivity contribution >= 4 is 23.2 Å². The molecule has 0 bridgehead atoms. The SMILES string of the molecule is Cc1nc2ncccc2cc1C(=O)N/N=C/c1ccc2c(c1)OCO2. The van der Waals surface area contributed by atoms with Crippen LogP contribution in [0.15, 0.2) is 47.7 Å². The molecule has 3 aromatic rings. The van der Waals surface area contributed by atoms with Crippen LogP contribution in [0.4, 0.5) is 0 Å². The zero-order valence-electron chi connectivity index (χ0n) is 13.4. The van der Waals surface area contributed by atoms with Gasteiger partial charge in [-0.2, -0.15) is 5.10 Å². The van der Waals surface area contributed by atoms with Gasteiger partial charge in [0.1, 0.15) is 0 Å².